The van der Waals surface area contributed by atoms with Gasteiger partial charge in [-0.05, 0) is 45.1 Å². The molecule has 3 aromatic rings. The maximum Gasteiger partial charge on any atom is 0.272 e. The molecular formula is C23H24FN5O2. The van der Waals surface area contributed by atoms with Gasteiger partial charge in [-0.1, -0.05) is 28.9 Å². The molecule has 7 nitrogen and oxygen atoms in total. The van der Waals surface area contributed by atoms with E-state index in [-0.39, 0.29) is 22.9 Å². The van der Waals surface area contributed by atoms with Crippen molar-refractivity contribution in [3.63, 3.8) is 0 Å². The molecule has 5 rings (SSSR count). The van der Waals surface area contributed by atoms with Crippen molar-refractivity contribution >= 4 is 5.91 Å². The highest BCUT2D eigenvalue weighted by Gasteiger charge is 2.53. The average molecular weight is 421 g/mol. The number of carbonyl (C=O) groups excluding carboxylic acids is 1. The van der Waals surface area contributed by atoms with E-state index >= 15 is 0 Å². The summed E-state index contributed by atoms with van der Waals surface area (Å²) in [6.07, 6.45) is 2.02. The van der Waals surface area contributed by atoms with Crippen molar-refractivity contribution in [1.29, 1.82) is 0 Å². The number of amides is 1. The van der Waals surface area contributed by atoms with E-state index in [4.69, 9.17) is 9.51 Å². The molecule has 2 aliphatic rings. The van der Waals surface area contributed by atoms with Gasteiger partial charge in [0.05, 0.1) is 12.1 Å². The lowest BCUT2D eigenvalue weighted by Crippen LogP contribution is -2.34. The van der Waals surface area contributed by atoms with Crippen LogP contribution in [0.15, 0.2) is 47.1 Å². The van der Waals surface area contributed by atoms with Crippen LogP contribution in [0.3, 0.4) is 0 Å². The third kappa shape index (κ3) is 3.61. The Morgan fingerprint density at radius 1 is 1.26 bits per heavy atom. The van der Waals surface area contributed by atoms with E-state index in [0.29, 0.717) is 24.8 Å². The Labute approximate surface area is 179 Å². The van der Waals surface area contributed by atoms with E-state index in [9.17, 15) is 9.18 Å². The van der Waals surface area contributed by atoms with Gasteiger partial charge in [0.1, 0.15) is 11.5 Å². The predicted molar refractivity (Wildman–Crippen MR) is 112 cm³/mol. The number of halogens is 1. The SMILES string of the molecule is Cc1cccc(-c2noc([C@@H]3CN(C(=O)c4ccc(F)cn4)C[C@@]34CCN(C)C4)n2)c1. The van der Waals surface area contributed by atoms with Crippen LogP contribution in [0.5, 0.6) is 0 Å². The van der Waals surface area contributed by atoms with Gasteiger partial charge < -0.3 is 14.3 Å². The number of hydrogen-bond acceptors (Lipinski definition) is 6. The first kappa shape index (κ1) is 19.8. The first-order chi connectivity index (χ1) is 14.9. The van der Waals surface area contributed by atoms with E-state index in [1.165, 1.54) is 12.1 Å². The number of rotatable bonds is 3. The number of aryl methyl sites for hydroxylation is 1. The molecule has 1 amide bonds. The second kappa shape index (κ2) is 7.53. The van der Waals surface area contributed by atoms with Crippen molar-refractivity contribution in [2.45, 2.75) is 19.3 Å². The monoisotopic (exact) mass is 421 g/mol. The zero-order chi connectivity index (χ0) is 21.6. The predicted octanol–water partition coefficient (Wildman–Crippen LogP) is 3.14. The Bertz CT molecular complexity index is 1120. The summed E-state index contributed by atoms with van der Waals surface area (Å²) >= 11 is 0. The smallest absolute Gasteiger partial charge is 0.272 e. The number of benzene rings is 1. The highest BCUT2D eigenvalue weighted by Crippen LogP contribution is 2.48. The highest BCUT2D eigenvalue weighted by atomic mass is 19.1. The molecule has 2 saturated heterocycles. The normalized spacial score (nSPS) is 23.7. The van der Waals surface area contributed by atoms with Gasteiger partial charge in [0.25, 0.3) is 5.91 Å². The lowest BCUT2D eigenvalue weighted by molar-refractivity contribution is 0.0768. The fraction of sp³-hybridized carbons (Fsp3) is 0.391. The first-order valence-corrected chi connectivity index (χ1v) is 10.4. The molecule has 0 saturated carbocycles. The Kier molecular flexibility index (Phi) is 4.81. The topological polar surface area (TPSA) is 75.4 Å². The second-order valence-corrected chi connectivity index (χ2v) is 8.78. The molecular weight excluding hydrogens is 397 g/mol. The van der Waals surface area contributed by atoms with Crippen molar-refractivity contribution in [3.8, 4) is 11.4 Å². The van der Waals surface area contributed by atoms with Gasteiger partial charge in [-0.15, -0.1) is 0 Å². The Hall–Kier alpha value is -3.13. The van der Waals surface area contributed by atoms with Gasteiger partial charge >= 0.3 is 0 Å². The zero-order valence-electron chi connectivity index (χ0n) is 17.6. The van der Waals surface area contributed by atoms with Crippen molar-refractivity contribution in [1.82, 2.24) is 24.9 Å². The van der Waals surface area contributed by atoms with Gasteiger partial charge in [0.15, 0.2) is 0 Å². The summed E-state index contributed by atoms with van der Waals surface area (Å²) in [5.74, 6) is 0.404. The number of nitrogens with zero attached hydrogens (tertiary/aromatic N) is 5. The van der Waals surface area contributed by atoms with E-state index in [1.807, 2.05) is 31.2 Å². The molecule has 0 N–H and O–H groups in total. The lowest BCUT2D eigenvalue weighted by Gasteiger charge is -2.27. The van der Waals surface area contributed by atoms with Crippen molar-refractivity contribution in [3.05, 3.63) is 65.6 Å². The second-order valence-electron chi connectivity index (χ2n) is 8.78. The minimum absolute atomic E-state index is 0.0621. The number of aromatic nitrogens is 3. The summed E-state index contributed by atoms with van der Waals surface area (Å²) in [6.45, 7) is 4.88. The van der Waals surface area contributed by atoms with E-state index in [2.05, 4.69) is 22.1 Å². The molecule has 4 heterocycles. The Morgan fingerprint density at radius 2 is 2.13 bits per heavy atom. The summed E-state index contributed by atoms with van der Waals surface area (Å²) < 4.78 is 19.0. The largest absolute Gasteiger partial charge is 0.339 e. The molecule has 0 aliphatic carbocycles. The molecule has 0 radical (unpaired) electrons. The number of hydrogen-bond donors (Lipinski definition) is 0. The van der Waals surface area contributed by atoms with E-state index in [1.54, 1.807) is 4.90 Å². The number of carbonyl (C=O) groups is 1. The molecule has 2 aliphatic heterocycles. The average Bonchev–Trinajstić information content (AvgIpc) is 3.47. The molecule has 31 heavy (non-hydrogen) atoms. The Morgan fingerprint density at radius 3 is 2.84 bits per heavy atom. The molecule has 8 heteroatoms. The summed E-state index contributed by atoms with van der Waals surface area (Å²) in [7, 11) is 2.09. The van der Waals surface area contributed by atoms with Gasteiger partial charge in [-0.3, -0.25) is 4.79 Å². The fourth-order valence-corrected chi connectivity index (χ4v) is 4.93. The summed E-state index contributed by atoms with van der Waals surface area (Å²) in [5.41, 5.74) is 2.13. The van der Waals surface area contributed by atoms with Gasteiger partial charge in [-0.25, -0.2) is 9.37 Å². The Balaban J connectivity index is 1.45. The zero-order valence-corrected chi connectivity index (χ0v) is 17.6. The highest BCUT2D eigenvalue weighted by molar-refractivity contribution is 5.92. The summed E-state index contributed by atoms with van der Waals surface area (Å²) in [5, 5.41) is 4.23. The van der Waals surface area contributed by atoms with Gasteiger partial charge in [0, 0.05) is 30.6 Å². The van der Waals surface area contributed by atoms with Crippen LogP contribution in [0.1, 0.15) is 34.3 Å². The van der Waals surface area contributed by atoms with Crippen molar-refractivity contribution in [2.75, 3.05) is 33.2 Å². The van der Waals surface area contributed by atoms with Gasteiger partial charge in [0.2, 0.25) is 11.7 Å². The van der Waals surface area contributed by atoms with Crippen molar-refractivity contribution < 1.29 is 13.7 Å². The van der Waals surface area contributed by atoms with Crippen LogP contribution >= 0.6 is 0 Å². The minimum atomic E-state index is -0.459. The van der Waals surface area contributed by atoms with Crippen LogP contribution in [0.2, 0.25) is 0 Å². The third-order valence-corrected chi connectivity index (χ3v) is 6.47. The molecule has 0 unspecified atom stereocenters. The van der Waals surface area contributed by atoms with Gasteiger partial charge in [-0.2, -0.15) is 4.98 Å². The van der Waals surface area contributed by atoms with Crippen LogP contribution < -0.4 is 0 Å². The first-order valence-electron chi connectivity index (χ1n) is 10.4. The van der Waals surface area contributed by atoms with E-state index < -0.39 is 5.82 Å². The van der Waals surface area contributed by atoms with Crippen LogP contribution in [-0.2, 0) is 0 Å². The molecule has 160 valence electrons. The summed E-state index contributed by atoms with van der Waals surface area (Å²) in [6, 6.07) is 10.7. The molecule has 2 fully saturated rings. The van der Waals surface area contributed by atoms with Crippen LogP contribution in [0, 0.1) is 18.2 Å². The summed E-state index contributed by atoms with van der Waals surface area (Å²) in [4.78, 5) is 25.8. The van der Waals surface area contributed by atoms with Crippen LogP contribution in [0.4, 0.5) is 4.39 Å². The quantitative estimate of drug-likeness (QED) is 0.647. The third-order valence-electron chi connectivity index (χ3n) is 6.47. The molecule has 2 aromatic heterocycles. The molecule has 2 atom stereocenters. The number of pyridine rings is 1. The standard InChI is InChI=1S/C23H24FN5O2/c1-15-4-3-5-16(10-15)20-26-21(31-27-20)18-12-29(14-23(18)8-9-28(2)13-23)22(30)19-7-6-17(24)11-25-19/h3-7,10-11,18H,8-9,12-14H2,1-2H3/t18-,23-/m0/s1. The maximum absolute atomic E-state index is 13.2. The number of likely N-dealkylation sites (tertiary alicyclic amines) is 2. The van der Waals surface area contributed by atoms with Crippen molar-refractivity contribution in [2.24, 2.45) is 5.41 Å². The van der Waals surface area contributed by atoms with Crippen LogP contribution in [0.25, 0.3) is 11.4 Å². The molecule has 0 bridgehead atoms. The lowest BCUT2D eigenvalue weighted by atomic mass is 9.77. The minimum Gasteiger partial charge on any atom is -0.339 e. The van der Waals surface area contributed by atoms with Crippen LogP contribution in [-0.4, -0.2) is 64.1 Å². The maximum atomic E-state index is 13.2. The fourth-order valence-electron chi connectivity index (χ4n) is 4.93. The van der Waals surface area contributed by atoms with E-state index in [0.717, 1.165) is 36.8 Å². The molecule has 1 spiro atoms. The molecule has 1 aromatic carbocycles.